The first-order valence-corrected chi connectivity index (χ1v) is 8.25. The first-order chi connectivity index (χ1) is 12.0. The minimum atomic E-state index is -0.672. The van der Waals surface area contributed by atoms with Crippen molar-refractivity contribution in [3.63, 3.8) is 0 Å². The summed E-state index contributed by atoms with van der Waals surface area (Å²) >= 11 is 5.92. The predicted molar refractivity (Wildman–Crippen MR) is 93.5 cm³/mol. The quantitative estimate of drug-likeness (QED) is 0.655. The number of hydrogen-bond donors (Lipinski definition) is 1. The standard InChI is InChI=1S/C19H13ClF2N2O/c20-18-15(22)6-5-14(21)17(18)12-4-3-11-8-16(23-9-13(11)7-12)24-19(25)10-1-2-10/h3-10H,1-2H2,(H,23,24,25). The lowest BCUT2D eigenvalue weighted by Gasteiger charge is -2.09. The van der Waals surface area contributed by atoms with Crippen molar-refractivity contribution in [1.82, 2.24) is 4.98 Å². The van der Waals surface area contributed by atoms with Gasteiger partial charge < -0.3 is 5.32 Å². The van der Waals surface area contributed by atoms with Gasteiger partial charge in [0.1, 0.15) is 17.5 Å². The van der Waals surface area contributed by atoms with Crippen LogP contribution in [0.15, 0.2) is 42.6 Å². The molecule has 0 spiro atoms. The molecule has 25 heavy (non-hydrogen) atoms. The summed E-state index contributed by atoms with van der Waals surface area (Å²) < 4.78 is 27.7. The Hall–Kier alpha value is -2.53. The molecule has 126 valence electrons. The zero-order chi connectivity index (χ0) is 17.6. The number of carbonyl (C=O) groups is 1. The Morgan fingerprint density at radius 3 is 2.60 bits per heavy atom. The lowest BCUT2D eigenvalue weighted by Crippen LogP contribution is -2.14. The fourth-order valence-corrected chi connectivity index (χ4v) is 2.99. The third kappa shape index (κ3) is 3.07. The first-order valence-electron chi connectivity index (χ1n) is 7.87. The minimum absolute atomic E-state index is 0.0166. The largest absolute Gasteiger partial charge is 0.310 e. The van der Waals surface area contributed by atoms with Crippen molar-refractivity contribution in [3.05, 3.63) is 59.3 Å². The molecule has 1 heterocycles. The molecule has 0 radical (unpaired) electrons. The van der Waals surface area contributed by atoms with Gasteiger partial charge >= 0.3 is 0 Å². The lowest BCUT2D eigenvalue weighted by molar-refractivity contribution is -0.117. The fourth-order valence-electron chi connectivity index (χ4n) is 2.73. The molecule has 0 saturated heterocycles. The van der Waals surface area contributed by atoms with Gasteiger partial charge in [-0.25, -0.2) is 13.8 Å². The lowest BCUT2D eigenvalue weighted by atomic mass is 10.0. The highest BCUT2D eigenvalue weighted by atomic mass is 35.5. The van der Waals surface area contributed by atoms with Gasteiger partial charge in [0.25, 0.3) is 0 Å². The summed E-state index contributed by atoms with van der Waals surface area (Å²) in [6.45, 7) is 0. The van der Waals surface area contributed by atoms with Crippen molar-refractivity contribution >= 4 is 34.1 Å². The van der Waals surface area contributed by atoms with E-state index in [0.29, 0.717) is 11.4 Å². The van der Waals surface area contributed by atoms with Crippen molar-refractivity contribution in [3.8, 4) is 11.1 Å². The Bertz CT molecular complexity index is 1000. The van der Waals surface area contributed by atoms with Gasteiger partial charge in [-0.2, -0.15) is 0 Å². The second-order valence-electron chi connectivity index (χ2n) is 6.11. The summed E-state index contributed by atoms with van der Waals surface area (Å²) in [5, 5.41) is 4.11. The van der Waals surface area contributed by atoms with Gasteiger partial charge in [0.05, 0.1) is 5.02 Å². The molecule has 6 heteroatoms. The van der Waals surface area contributed by atoms with Crippen molar-refractivity contribution in [1.29, 1.82) is 0 Å². The summed E-state index contributed by atoms with van der Waals surface area (Å²) in [7, 11) is 0. The van der Waals surface area contributed by atoms with Gasteiger partial charge in [0, 0.05) is 23.1 Å². The Balaban J connectivity index is 1.71. The highest BCUT2D eigenvalue weighted by molar-refractivity contribution is 6.33. The maximum Gasteiger partial charge on any atom is 0.228 e. The van der Waals surface area contributed by atoms with Crippen LogP contribution in [0, 0.1) is 17.6 Å². The molecular formula is C19H13ClF2N2O. The number of pyridine rings is 1. The van der Waals surface area contributed by atoms with Crippen LogP contribution >= 0.6 is 11.6 Å². The van der Waals surface area contributed by atoms with Gasteiger partial charge in [-0.05, 0) is 48.1 Å². The number of fused-ring (bicyclic) bond motifs is 1. The van der Waals surface area contributed by atoms with Gasteiger partial charge in [-0.1, -0.05) is 23.7 Å². The molecular weight excluding hydrogens is 346 g/mol. The van der Waals surface area contributed by atoms with Crippen LogP contribution in [0.4, 0.5) is 14.6 Å². The average Bonchev–Trinajstić information content (AvgIpc) is 3.44. The highest BCUT2D eigenvalue weighted by Gasteiger charge is 2.29. The Labute approximate surface area is 147 Å². The van der Waals surface area contributed by atoms with E-state index in [1.807, 2.05) is 0 Å². The number of anilines is 1. The Morgan fingerprint density at radius 1 is 1.08 bits per heavy atom. The van der Waals surface area contributed by atoms with Gasteiger partial charge in [-0.3, -0.25) is 4.79 Å². The van der Waals surface area contributed by atoms with Crippen LogP contribution in [-0.2, 0) is 4.79 Å². The van der Waals surface area contributed by atoms with Crippen molar-refractivity contribution < 1.29 is 13.6 Å². The SMILES string of the molecule is O=C(Nc1cc2ccc(-c3c(F)ccc(F)c3Cl)cc2cn1)C1CC1. The Kier molecular flexibility index (Phi) is 3.88. The fraction of sp³-hybridized carbons (Fsp3) is 0.158. The van der Waals surface area contributed by atoms with E-state index in [2.05, 4.69) is 10.3 Å². The predicted octanol–water partition coefficient (Wildman–Crippen LogP) is 5.18. The maximum atomic E-state index is 14.1. The van der Waals surface area contributed by atoms with E-state index in [0.717, 1.165) is 35.7 Å². The van der Waals surface area contributed by atoms with E-state index < -0.39 is 11.6 Å². The summed E-state index contributed by atoms with van der Waals surface area (Å²) in [5.41, 5.74) is 0.487. The number of hydrogen-bond acceptors (Lipinski definition) is 2. The van der Waals surface area contributed by atoms with Crippen LogP contribution in [0.2, 0.25) is 5.02 Å². The van der Waals surface area contributed by atoms with Crippen LogP contribution in [-0.4, -0.2) is 10.9 Å². The van der Waals surface area contributed by atoms with Crippen LogP contribution < -0.4 is 5.32 Å². The van der Waals surface area contributed by atoms with Crippen LogP contribution in [0.25, 0.3) is 21.9 Å². The molecule has 2 aromatic carbocycles. The normalized spacial score (nSPS) is 13.9. The molecule has 1 N–H and O–H groups in total. The van der Waals surface area contributed by atoms with Gasteiger partial charge in [0.2, 0.25) is 5.91 Å². The third-order valence-electron chi connectivity index (χ3n) is 4.25. The molecule has 0 bridgehead atoms. The zero-order valence-corrected chi connectivity index (χ0v) is 13.8. The summed E-state index contributed by atoms with van der Waals surface area (Å²) in [6.07, 6.45) is 3.43. The second-order valence-corrected chi connectivity index (χ2v) is 6.49. The summed E-state index contributed by atoms with van der Waals surface area (Å²) in [5.74, 6) is -0.705. The van der Waals surface area contributed by atoms with E-state index >= 15 is 0 Å². The number of rotatable bonds is 3. The molecule has 1 aliphatic rings. The molecule has 0 unspecified atom stereocenters. The molecule has 1 saturated carbocycles. The molecule has 0 atom stereocenters. The van der Waals surface area contributed by atoms with Crippen LogP contribution in [0.3, 0.4) is 0 Å². The van der Waals surface area contributed by atoms with Crippen LogP contribution in [0.5, 0.6) is 0 Å². The molecule has 1 amide bonds. The minimum Gasteiger partial charge on any atom is -0.310 e. The topological polar surface area (TPSA) is 42.0 Å². The number of nitrogens with one attached hydrogen (secondary N) is 1. The molecule has 1 aromatic heterocycles. The average molecular weight is 359 g/mol. The molecule has 0 aliphatic heterocycles. The highest BCUT2D eigenvalue weighted by Crippen LogP contribution is 2.34. The first kappa shape index (κ1) is 16.0. The number of halogens is 3. The molecule has 4 rings (SSSR count). The molecule has 1 aliphatic carbocycles. The number of amides is 1. The van der Waals surface area contributed by atoms with Crippen molar-refractivity contribution in [2.75, 3.05) is 5.32 Å². The third-order valence-corrected chi connectivity index (χ3v) is 4.62. The molecule has 3 aromatic rings. The Morgan fingerprint density at radius 2 is 1.84 bits per heavy atom. The van der Waals surface area contributed by atoms with Gasteiger partial charge in [-0.15, -0.1) is 0 Å². The number of carbonyl (C=O) groups excluding carboxylic acids is 1. The van der Waals surface area contributed by atoms with E-state index in [-0.39, 0.29) is 22.4 Å². The van der Waals surface area contributed by atoms with Crippen molar-refractivity contribution in [2.24, 2.45) is 5.92 Å². The molecule has 1 fully saturated rings. The monoisotopic (exact) mass is 358 g/mol. The second kappa shape index (κ2) is 6.08. The van der Waals surface area contributed by atoms with Crippen molar-refractivity contribution in [2.45, 2.75) is 12.8 Å². The van der Waals surface area contributed by atoms with E-state index in [1.54, 1.807) is 30.5 Å². The maximum absolute atomic E-state index is 14.1. The zero-order valence-electron chi connectivity index (χ0n) is 13.0. The van der Waals surface area contributed by atoms with E-state index in [4.69, 9.17) is 11.6 Å². The van der Waals surface area contributed by atoms with E-state index in [1.165, 1.54) is 0 Å². The smallest absolute Gasteiger partial charge is 0.228 e. The number of benzene rings is 2. The van der Waals surface area contributed by atoms with Gasteiger partial charge in [0.15, 0.2) is 0 Å². The van der Waals surface area contributed by atoms with E-state index in [9.17, 15) is 13.6 Å². The summed E-state index contributed by atoms with van der Waals surface area (Å²) in [4.78, 5) is 16.0. The molecule has 3 nitrogen and oxygen atoms in total. The number of nitrogens with zero attached hydrogens (tertiary/aromatic N) is 1. The number of aromatic nitrogens is 1. The van der Waals surface area contributed by atoms with Crippen LogP contribution in [0.1, 0.15) is 12.8 Å². The summed E-state index contributed by atoms with van der Waals surface area (Å²) in [6, 6.07) is 8.92.